The molecule has 1 aromatic carbocycles. The van der Waals surface area contributed by atoms with Crippen molar-refractivity contribution in [3.05, 3.63) is 46.2 Å². The first-order valence-electron chi connectivity index (χ1n) is 5.09. The van der Waals surface area contributed by atoms with Crippen LogP contribution >= 0.6 is 0 Å². The van der Waals surface area contributed by atoms with Crippen LogP contribution in [0.25, 0.3) is 11.3 Å². The summed E-state index contributed by atoms with van der Waals surface area (Å²) in [6.45, 7) is 0. The fourth-order valence-corrected chi connectivity index (χ4v) is 1.49. The minimum absolute atomic E-state index is 0.345. The minimum Gasteiger partial charge on any atom is -0.497 e. The van der Waals surface area contributed by atoms with E-state index >= 15 is 0 Å². The molecule has 6 nitrogen and oxygen atoms in total. The van der Waals surface area contributed by atoms with Crippen molar-refractivity contribution in [1.82, 2.24) is 10.2 Å². The molecular formula is C12H10N2O4. The molecule has 0 atom stereocenters. The second kappa shape index (κ2) is 4.70. The fraction of sp³-hybridized carbons (Fsp3) is 0.0833. The normalized spacial score (nSPS) is 10.1. The second-order valence-corrected chi connectivity index (χ2v) is 3.53. The molecule has 0 radical (unpaired) electrons. The number of carboxylic acids is 1. The predicted molar refractivity (Wildman–Crippen MR) is 63.8 cm³/mol. The van der Waals surface area contributed by atoms with E-state index in [1.165, 1.54) is 13.2 Å². The van der Waals surface area contributed by atoms with Crippen molar-refractivity contribution < 1.29 is 14.6 Å². The van der Waals surface area contributed by atoms with Gasteiger partial charge in [-0.3, -0.25) is 4.79 Å². The van der Waals surface area contributed by atoms with Crippen molar-refractivity contribution in [2.45, 2.75) is 0 Å². The Labute approximate surface area is 102 Å². The molecule has 0 fully saturated rings. The van der Waals surface area contributed by atoms with Gasteiger partial charge in [-0.25, -0.2) is 9.89 Å². The summed E-state index contributed by atoms with van der Waals surface area (Å²) in [6, 6.07) is 8.19. The number of aromatic amines is 1. The molecule has 18 heavy (non-hydrogen) atoms. The lowest BCUT2D eigenvalue weighted by atomic mass is 10.1. The Morgan fingerprint density at radius 1 is 1.39 bits per heavy atom. The van der Waals surface area contributed by atoms with Crippen LogP contribution < -0.4 is 10.3 Å². The molecule has 1 aromatic heterocycles. The first-order chi connectivity index (χ1) is 8.61. The molecule has 92 valence electrons. The summed E-state index contributed by atoms with van der Waals surface area (Å²) in [4.78, 5) is 22.1. The Bertz CT molecular complexity index is 649. The highest BCUT2D eigenvalue weighted by Gasteiger charge is 2.11. The predicted octanol–water partition coefficient (Wildman–Crippen LogP) is 1.14. The molecule has 0 aliphatic rings. The summed E-state index contributed by atoms with van der Waals surface area (Å²) in [6.07, 6.45) is 0. The maximum atomic E-state index is 11.2. The van der Waals surface area contributed by atoms with Crippen molar-refractivity contribution in [3.63, 3.8) is 0 Å². The van der Waals surface area contributed by atoms with Gasteiger partial charge in [-0.15, -0.1) is 0 Å². The zero-order valence-corrected chi connectivity index (χ0v) is 9.51. The highest BCUT2D eigenvalue weighted by atomic mass is 16.5. The maximum absolute atomic E-state index is 11.2. The molecule has 0 spiro atoms. The number of H-pyrrole nitrogens is 1. The minimum atomic E-state index is -1.29. The molecule has 6 heteroatoms. The fourth-order valence-electron chi connectivity index (χ4n) is 1.49. The lowest BCUT2D eigenvalue weighted by molar-refractivity contribution is 0.0694. The molecule has 0 saturated carbocycles. The van der Waals surface area contributed by atoms with Gasteiger partial charge in [-0.05, 0) is 18.2 Å². The standard InChI is InChI=1S/C12H10N2O4/c1-18-8-4-2-3-7(5-8)10-6-9(12(16)17)11(15)14-13-10/h2-6H,1H3,(H,14,15)(H,16,17). The first kappa shape index (κ1) is 11.8. The van der Waals surface area contributed by atoms with E-state index in [2.05, 4.69) is 10.2 Å². The highest BCUT2D eigenvalue weighted by molar-refractivity contribution is 5.88. The number of methoxy groups -OCH3 is 1. The number of benzene rings is 1. The number of nitrogens with one attached hydrogen (secondary N) is 1. The summed E-state index contributed by atoms with van der Waals surface area (Å²) in [5, 5.41) is 14.8. The summed E-state index contributed by atoms with van der Waals surface area (Å²) >= 11 is 0. The van der Waals surface area contributed by atoms with Gasteiger partial charge in [0.25, 0.3) is 5.56 Å². The SMILES string of the molecule is COc1cccc(-c2cc(C(=O)O)c(=O)[nH]n2)c1. The van der Waals surface area contributed by atoms with E-state index in [4.69, 9.17) is 9.84 Å². The topological polar surface area (TPSA) is 92.3 Å². The number of aromatic carboxylic acids is 1. The van der Waals surface area contributed by atoms with Gasteiger partial charge < -0.3 is 9.84 Å². The number of rotatable bonds is 3. The summed E-state index contributed by atoms with van der Waals surface area (Å²) in [5.74, 6) is -0.667. The van der Waals surface area contributed by atoms with E-state index in [-0.39, 0.29) is 5.56 Å². The van der Waals surface area contributed by atoms with Crippen LogP contribution in [0.15, 0.2) is 35.1 Å². The molecule has 0 aliphatic carbocycles. The zero-order valence-electron chi connectivity index (χ0n) is 9.51. The van der Waals surface area contributed by atoms with Gasteiger partial charge >= 0.3 is 5.97 Å². The Morgan fingerprint density at radius 3 is 2.83 bits per heavy atom. The quantitative estimate of drug-likeness (QED) is 0.847. The van der Waals surface area contributed by atoms with E-state index in [1.807, 2.05) is 0 Å². The van der Waals surface area contributed by atoms with Crippen molar-refractivity contribution >= 4 is 5.97 Å². The van der Waals surface area contributed by atoms with Gasteiger partial charge in [0, 0.05) is 5.56 Å². The second-order valence-electron chi connectivity index (χ2n) is 3.53. The van der Waals surface area contributed by atoms with Crippen LogP contribution in [0.3, 0.4) is 0 Å². The van der Waals surface area contributed by atoms with E-state index in [9.17, 15) is 9.59 Å². The summed E-state index contributed by atoms with van der Waals surface area (Å²) in [5.41, 5.74) is -0.0454. The largest absolute Gasteiger partial charge is 0.497 e. The number of hydrogen-bond donors (Lipinski definition) is 2. The first-order valence-corrected chi connectivity index (χ1v) is 5.09. The average Bonchev–Trinajstić information content (AvgIpc) is 2.39. The smallest absolute Gasteiger partial charge is 0.341 e. The molecule has 0 aliphatic heterocycles. The Morgan fingerprint density at radius 2 is 2.17 bits per heavy atom. The van der Waals surface area contributed by atoms with Crippen molar-refractivity contribution in [2.24, 2.45) is 0 Å². The number of carbonyl (C=O) groups is 1. The van der Waals surface area contributed by atoms with E-state index in [0.717, 1.165) is 0 Å². The Hall–Kier alpha value is -2.63. The van der Waals surface area contributed by atoms with Gasteiger partial charge in [0.05, 0.1) is 12.8 Å². The molecule has 2 rings (SSSR count). The van der Waals surface area contributed by atoms with Gasteiger partial charge in [-0.2, -0.15) is 5.10 Å². The van der Waals surface area contributed by atoms with Crippen LogP contribution in [0, 0.1) is 0 Å². The molecule has 0 amide bonds. The number of carboxylic acid groups (broad SMARTS) is 1. The van der Waals surface area contributed by atoms with Crippen LogP contribution in [-0.4, -0.2) is 28.4 Å². The van der Waals surface area contributed by atoms with Crippen LogP contribution in [0.5, 0.6) is 5.75 Å². The average molecular weight is 246 g/mol. The Kier molecular flexibility index (Phi) is 3.09. The Balaban J connectivity index is 2.54. The highest BCUT2D eigenvalue weighted by Crippen LogP contribution is 2.21. The third kappa shape index (κ3) is 2.22. The molecule has 1 heterocycles. The van der Waals surface area contributed by atoms with Crippen LogP contribution in [-0.2, 0) is 0 Å². The van der Waals surface area contributed by atoms with Gasteiger partial charge in [-0.1, -0.05) is 12.1 Å². The molecule has 0 unspecified atom stereocenters. The van der Waals surface area contributed by atoms with Crippen molar-refractivity contribution in [3.8, 4) is 17.0 Å². The van der Waals surface area contributed by atoms with Gasteiger partial charge in [0.2, 0.25) is 0 Å². The van der Waals surface area contributed by atoms with Crippen LogP contribution in [0.4, 0.5) is 0 Å². The number of aromatic nitrogens is 2. The monoisotopic (exact) mass is 246 g/mol. The lowest BCUT2D eigenvalue weighted by Gasteiger charge is -2.04. The van der Waals surface area contributed by atoms with E-state index in [1.54, 1.807) is 24.3 Å². The van der Waals surface area contributed by atoms with Crippen molar-refractivity contribution in [1.29, 1.82) is 0 Å². The van der Waals surface area contributed by atoms with Crippen LogP contribution in [0.1, 0.15) is 10.4 Å². The number of hydrogen-bond acceptors (Lipinski definition) is 4. The van der Waals surface area contributed by atoms with Crippen molar-refractivity contribution in [2.75, 3.05) is 7.11 Å². The van der Waals surface area contributed by atoms with E-state index < -0.39 is 11.5 Å². The van der Waals surface area contributed by atoms with Crippen LogP contribution in [0.2, 0.25) is 0 Å². The third-order valence-corrected chi connectivity index (χ3v) is 2.40. The maximum Gasteiger partial charge on any atom is 0.341 e. The third-order valence-electron chi connectivity index (χ3n) is 2.40. The number of ether oxygens (including phenoxy) is 1. The number of nitrogens with zero attached hydrogens (tertiary/aromatic N) is 1. The molecule has 2 N–H and O–H groups in total. The molecule has 2 aromatic rings. The molecular weight excluding hydrogens is 236 g/mol. The molecule has 0 bridgehead atoms. The molecule has 0 saturated heterocycles. The zero-order chi connectivity index (χ0) is 13.1. The lowest BCUT2D eigenvalue weighted by Crippen LogP contribution is -2.18. The van der Waals surface area contributed by atoms with Gasteiger partial charge in [0.15, 0.2) is 0 Å². The van der Waals surface area contributed by atoms with E-state index in [0.29, 0.717) is 17.0 Å². The van der Waals surface area contributed by atoms with Gasteiger partial charge in [0.1, 0.15) is 11.3 Å². The summed E-state index contributed by atoms with van der Waals surface area (Å²) < 4.78 is 5.06. The summed E-state index contributed by atoms with van der Waals surface area (Å²) in [7, 11) is 1.53.